The average molecular weight is 268 g/mol. The van der Waals surface area contributed by atoms with Gasteiger partial charge < -0.3 is 5.11 Å². The van der Waals surface area contributed by atoms with E-state index in [2.05, 4.69) is 24.1 Å². The maximum atomic E-state index is 10.7. The summed E-state index contributed by atoms with van der Waals surface area (Å²) >= 11 is 0. The maximum absolute atomic E-state index is 10.7. The Labute approximate surface area is 117 Å². The van der Waals surface area contributed by atoms with E-state index in [9.17, 15) is 4.79 Å². The Kier molecular flexibility index (Phi) is 4.25. The highest BCUT2D eigenvalue weighted by atomic mass is 16.4. The molecule has 0 heterocycles. The van der Waals surface area contributed by atoms with Gasteiger partial charge in [0.05, 0.1) is 16.9 Å². The van der Waals surface area contributed by atoms with Crippen LogP contribution in [0.1, 0.15) is 35.7 Å². The smallest absolute Gasteiger partial charge is 0.335 e. The van der Waals surface area contributed by atoms with Crippen molar-refractivity contribution in [3.8, 4) is 0 Å². The number of nitrogens with zero attached hydrogens (tertiary/aromatic N) is 2. The standard InChI is InChI=1S/C16H16N2O2/c1-11(2)12-3-7-14(8-4-12)17-18-15-9-5-13(6-10-15)16(19)20/h3-11H,1-2H3,(H,19,20)/b18-17+. The van der Waals surface area contributed by atoms with Crippen LogP contribution in [0.25, 0.3) is 0 Å². The minimum atomic E-state index is -0.947. The molecule has 1 N–H and O–H groups in total. The molecule has 0 aliphatic carbocycles. The zero-order valence-corrected chi connectivity index (χ0v) is 11.4. The van der Waals surface area contributed by atoms with E-state index in [4.69, 9.17) is 5.11 Å². The summed E-state index contributed by atoms with van der Waals surface area (Å²) in [5, 5.41) is 17.0. The van der Waals surface area contributed by atoms with Gasteiger partial charge in [-0.25, -0.2) is 4.79 Å². The van der Waals surface area contributed by atoms with E-state index in [0.717, 1.165) is 5.69 Å². The van der Waals surface area contributed by atoms with Gasteiger partial charge in [0.25, 0.3) is 0 Å². The Morgan fingerprint density at radius 2 is 1.35 bits per heavy atom. The summed E-state index contributed by atoms with van der Waals surface area (Å²) in [6, 6.07) is 14.2. The lowest BCUT2D eigenvalue weighted by atomic mass is 10.0. The van der Waals surface area contributed by atoms with Crippen LogP contribution in [0, 0.1) is 0 Å². The Morgan fingerprint density at radius 1 is 0.900 bits per heavy atom. The van der Waals surface area contributed by atoms with Gasteiger partial charge in [-0.2, -0.15) is 10.2 Å². The zero-order chi connectivity index (χ0) is 14.5. The third kappa shape index (κ3) is 3.51. The van der Waals surface area contributed by atoms with E-state index in [-0.39, 0.29) is 5.56 Å². The van der Waals surface area contributed by atoms with Crippen LogP contribution in [-0.2, 0) is 0 Å². The Morgan fingerprint density at radius 3 is 1.75 bits per heavy atom. The van der Waals surface area contributed by atoms with E-state index in [1.807, 2.05) is 24.3 Å². The van der Waals surface area contributed by atoms with Crippen molar-refractivity contribution < 1.29 is 9.90 Å². The molecule has 0 bridgehead atoms. The Bertz CT molecular complexity index is 614. The topological polar surface area (TPSA) is 62.0 Å². The number of carboxylic acid groups (broad SMARTS) is 1. The van der Waals surface area contributed by atoms with Gasteiger partial charge in [-0.05, 0) is 47.9 Å². The van der Waals surface area contributed by atoms with Crippen molar-refractivity contribution in [3.05, 3.63) is 59.7 Å². The quantitative estimate of drug-likeness (QED) is 0.799. The van der Waals surface area contributed by atoms with Gasteiger partial charge in [0.2, 0.25) is 0 Å². The predicted octanol–water partition coefficient (Wildman–Crippen LogP) is 4.92. The second-order valence-electron chi connectivity index (χ2n) is 4.80. The van der Waals surface area contributed by atoms with Crippen molar-refractivity contribution in [2.45, 2.75) is 19.8 Å². The molecule has 102 valence electrons. The molecule has 0 amide bonds. The van der Waals surface area contributed by atoms with Crippen LogP contribution in [0.2, 0.25) is 0 Å². The van der Waals surface area contributed by atoms with Crippen LogP contribution in [-0.4, -0.2) is 11.1 Å². The van der Waals surface area contributed by atoms with Crippen molar-refractivity contribution in [1.29, 1.82) is 0 Å². The van der Waals surface area contributed by atoms with Crippen LogP contribution in [0.5, 0.6) is 0 Å². The monoisotopic (exact) mass is 268 g/mol. The number of hydrogen-bond acceptors (Lipinski definition) is 3. The lowest BCUT2D eigenvalue weighted by molar-refractivity contribution is 0.0697. The van der Waals surface area contributed by atoms with Gasteiger partial charge >= 0.3 is 5.97 Å². The molecule has 4 nitrogen and oxygen atoms in total. The highest BCUT2D eigenvalue weighted by Gasteiger charge is 2.01. The molecule has 0 aliphatic heterocycles. The predicted molar refractivity (Wildman–Crippen MR) is 78.1 cm³/mol. The summed E-state index contributed by atoms with van der Waals surface area (Å²) < 4.78 is 0. The van der Waals surface area contributed by atoms with Crippen molar-refractivity contribution in [1.82, 2.24) is 0 Å². The Hall–Kier alpha value is -2.49. The van der Waals surface area contributed by atoms with Gasteiger partial charge in [-0.3, -0.25) is 0 Å². The van der Waals surface area contributed by atoms with Gasteiger partial charge in [-0.1, -0.05) is 26.0 Å². The third-order valence-electron chi connectivity index (χ3n) is 2.95. The average Bonchev–Trinajstić information content (AvgIpc) is 2.46. The number of hydrogen-bond donors (Lipinski definition) is 1. The van der Waals surface area contributed by atoms with Gasteiger partial charge in [0, 0.05) is 0 Å². The van der Waals surface area contributed by atoms with Crippen LogP contribution in [0.4, 0.5) is 11.4 Å². The van der Waals surface area contributed by atoms with Gasteiger partial charge in [0.15, 0.2) is 0 Å². The lowest BCUT2D eigenvalue weighted by Gasteiger charge is -2.03. The molecule has 4 heteroatoms. The third-order valence-corrected chi connectivity index (χ3v) is 2.95. The second kappa shape index (κ2) is 6.10. The maximum Gasteiger partial charge on any atom is 0.335 e. The minimum Gasteiger partial charge on any atom is -0.478 e. The summed E-state index contributed by atoms with van der Waals surface area (Å²) in [5.74, 6) is -0.456. The first-order valence-corrected chi connectivity index (χ1v) is 6.41. The van der Waals surface area contributed by atoms with Crippen LogP contribution in [0.15, 0.2) is 58.8 Å². The molecule has 20 heavy (non-hydrogen) atoms. The molecule has 2 aromatic rings. The summed E-state index contributed by atoms with van der Waals surface area (Å²) in [6.07, 6.45) is 0. The fraction of sp³-hybridized carbons (Fsp3) is 0.188. The normalized spacial score (nSPS) is 11.2. The van der Waals surface area contributed by atoms with Crippen molar-refractivity contribution in [3.63, 3.8) is 0 Å². The fourth-order valence-electron chi connectivity index (χ4n) is 1.71. The largest absolute Gasteiger partial charge is 0.478 e. The van der Waals surface area contributed by atoms with Crippen molar-refractivity contribution in [2.24, 2.45) is 10.2 Å². The SMILES string of the molecule is CC(C)c1ccc(/N=N/c2ccc(C(=O)O)cc2)cc1. The number of azo groups is 1. The number of aromatic carboxylic acids is 1. The summed E-state index contributed by atoms with van der Waals surface area (Å²) in [4.78, 5) is 10.7. The van der Waals surface area contributed by atoms with Gasteiger partial charge in [-0.15, -0.1) is 0 Å². The highest BCUT2D eigenvalue weighted by molar-refractivity contribution is 5.87. The van der Waals surface area contributed by atoms with Crippen LogP contribution in [0.3, 0.4) is 0 Å². The second-order valence-corrected chi connectivity index (χ2v) is 4.80. The van der Waals surface area contributed by atoms with E-state index < -0.39 is 5.97 Å². The van der Waals surface area contributed by atoms with Crippen molar-refractivity contribution in [2.75, 3.05) is 0 Å². The lowest BCUT2D eigenvalue weighted by Crippen LogP contribution is -1.93. The van der Waals surface area contributed by atoms with Gasteiger partial charge in [0.1, 0.15) is 0 Å². The molecule has 0 aromatic heterocycles. The molecule has 0 atom stereocenters. The molecule has 0 spiro atoms. The summed E-state index contributed by atoms with van der Waals surface area (Å²) in [5.41, 5.74) is 2.90. The van der Waals surface area contributed by atoms with E-state index >= 15 is 0 Å². The number of carboxylic acids is 1. The number of carbonyl (C=O) groups is 1. The first kappa shape index (κ1) is 13.9. The van der Waals surface area contributed by atoms with E-state index in [1.165, 1.54) is 17.7 Å². The molecule has 2 rings (SSSR count). The first-order chi connectivity index (χ1) is 9.56. The molecule has 0 radical (unpaired) electrons. The fourth-order valence-corrected chi connectivity index (χ4v) is 1.71. The number of benzene rings is 2. The first-order valence-electron chi connectivity index (χ1n) is 6.41. The van der Waals surface area contributed by atoms with E-state index in [1.54, 1.807) is 12.1 Å². The summed E-state index contributed by atoms with van der Waals surface area (Å²) in [7, 11) is 0. The molecule has 0 saturated heterocycles. The van der Waals surface area contributed by atoms with E-state index in [0.29, 0.717) is 11.6 Å². The molecule has 0 saturated carbocycles. The molecule has 2 aromatic carbocycles. The number of rotatable bonds is 4. The molecular weight excluding hydrogens is 252 g/mol. The highest BCUT2D eigenvalue weighted by Crippen LogP contribution is 2.21. The molecule has 0 unspecified atom stereocenters. The van der Waals surface area contributed by atoms with Crippen molar-refractivity contribution >= 4 is 17.3 Å². The van der Waals surface area contributed by atoms with Crippen LogP contribution >= 0.6 is 0 Å². The molecule has 0 aliphatic rings. The zero-order valence-electron chi connectivity index (χ0n) is 11.4. The minimum absolute atomic E-state index is 0.241. The van der Waals surface area contributed by atoms with Crippen LogP contribution < -0.4 is 0 Å². The Balaban J connectivity index is 2.10. The molecule has 0 fully saturated rings. The summed E-state index contributed by atoms with van der Waals surface area (Å²) in [6.45, 7) is 4.28. The molecular formula is C16H16N2O2.